The highest BCUT2D eigenvalue weighted by atomic mass is 127. The van der Waals surface area contributed by atoms with Crippen molar-refractivity contribution in [1.82, 2.24) is 10.4 Å². The molecule has 0 saturated carbocycles. The molecule has 2 N–H and O–H groups in total. The van der Waals surface area contributed by atoms with Crippen LogP contribution in [0.2, 0.25) is 5.02 Å². The largest absolute Gasteiger partial charge is 0.497 e. The molecule has 1 heterocycles. The Morgan fingerprint density at radius 3 is 2.59 bits per heavy atom. The molecule has 1 aromatic heterocycles. The molecule has 9 heteroatoms. The molecule has 0 atom stereocenters. The van der Waals surface area contributed by atoms with Crippen molar-refractivity contribution in [1.29, 1.82) is 0 Å². The van der Waals surface area contributed by atoms with Gasteiger partial charge < -0.3 is 14.5 Å². The van der Waals surface area contributed by atoms with Crippen molar-refractivity contribution in [3.8, 4) is 22.6 Å². The summed E-state index contributed by atoms with van der Waals surface area (Å²) in [6.07, 6.45) is 1.42. The number of rotatable bonds is 7. The summed E-state index contributed by atoms with van der Waals surface area (Å²) in [6, 6.07) is 26.8. The lowest BCUT2D eigenvalue weighted by molar-refractivity contribution is 0.0733. The summed E-state index contributed by atoms with van der Waals surface area (Å²) in [5, 5.41) is 5.54. The Hall–Kier alpha value is -4.15. The zero-order chi connectivity index (χ0) is 27.4. The number of ether oxygens (including phenoxy) is 2. The topological polar surface area (TPSA) is 92.8 Å². The predicted molar refractivity (Wildman–Crippen MR) is 161 cm³/mol. The van der Waals surface area contributed by atoms with Gasteiger partial charge in [-0.1, -0.05) is 48.0 Å². The molecule has 0 unspecified atom stereocenters. The Labute approximate surface area is 242 Å². The van der Waals surface area contributed by atoms with Crippen LogP contribution in [-0.2, 0) is 0 Å². The molecule has 0 spiro atoms. The number of hydrogen-bond acceptors (Lipinski definition) is 5. The van der Waals surface area contributed by atoms with Crippen LogP contribution in [-0.4, -0.2) is 30.2 Å². The third-order valence-corrected chi connectivity index (χ3v) is 6.93. The van der Waals surface area contributed by atoms with E-state index in [-0.39, 0.29) is 0 Å². The normalized spacial score (nSPS) is 11.1. The highest BCUT2D eigenvalue weighted by molar-refractivity contribution is 14.1. The van der Waals surface area contributed by atoms with Gasteiger partial charge in [0.05, 0.1) is 18.9 Å². The second-order valence-corrected chi connectivity index (χ2v) is 10.1. The van der Waals surface area contributed by atoms with Gasteiger partial charge in [0.25, 0.3) is 5.91 Å². The Morgan fingerprint density at radius 1 is 0.974 bits per heavy atom. The van der Waals surface area contributed by atoms with Crippen LogP contribution in [0.3, 0.4) is 0 Å². The minimum Gasteiger partial charge on any atom is -0.497 e. The van der Waals surface area contributed by atoms with Crippen molar-refractivity contribution in [2.24, 2.45) is 5.10 Å². The van der Waals surface area contributed by atoms with Gasteiger partial charge in [-0.2, -0.15) is 5.10 Å². The number of hydrazone groups is 1. The highest BCUT2D eigenvalue weighted by Gasteiger charge is 2.21. The number of halogens is 2. The molecule has 0 aliphatic carbocycles. The van der Waals surface area contributed by atoms with Gasteiger partial charge in [-0.3, -0.25) is 4.79 Å². The van der Waals surface area contributed by atoms with E-state index in [0.717, 1.165) is 20.0 Å². The molecule has 0 radical (unpaired) electrons. The number of esters is 1. The number of H-pyrrole nitrogens is 1. The Morgan fingerprint density at radius 2 is 1.77 bits per heavy atom. The maximum absolute atomic E-state index is 13.3. The molecular formula is C30H21ClIN3O4. The van der Waals surface area contributed by atoms with Crippen LogP contribution in [0.25, 0.3) is 22.0 Å². The lowest BCUT2D eigenvalue weighted by atomic mass is 10.0. The molecule has 0 aliphatic heterocycles. The summed E-state index contributed by atoms with van der Waals surface area (Å²) in [5.41, 5.74) is 5.98. The lowest BCUT2D eigenvalue weighted by Gasteiger charge is -2.08. The van der Waals surface area contributed by atoms with E-state index in [9.17, 15) is 9.59 Å². The number of nitrogens with zero attached hydrogens (tertiary/aromatic N) is 1. The van der Waals surface area contributed by atoms with Crippen molar-refractivity contribution in [2.45, 2.75) is 0 Å². The maximum Gasteiger partial charge on any atom is 0.343 e. The molecule has 0 saturated heterocycles. The second-order valence-electron chi connectivity index (χ2n) is 8.40. The van der Waals surface area contributed by atoms with E-state index < -0.39 is 11.9 Å². The van der Waals surface area contributed by atoms with E-state index in [1.807, 2.05) is 36.4 Å². The maximum atomic E-state index is 13.3. The summed E-state index contributed by atoms with van der Waals surface area (Å²) in [7, 11) is 1.53. The van der Waals surface area contributed by atoms with Crippen molar-refractivity contribution >= 4 is 63.2 Å². The molecule has 1 amide bonds. The van der Waals surface area contributed by atoms with E-state index in [1.54, 1.807) is 54.6 Å². The van der Waals surface area contributed by atoms with Crippen molar-refractivity contribution < 1.29 is 19.1 Å². The standard InChI is InChI=1S/C30H21ClIN3O4/c1-38-21-9-6-8-18(15-21)30(37)39-26-12-5-2-7-19(26)17-33-35-29(36)28-27(22-10-3-4-11-24(22)31)23-16-20(32)13-14-25(23)34-28/h2-17,34H,1H3,(H,35,36). The van der Waals surface area contributed by atoms with Crippen LogP contribution in [0.1, 0.15) is 26.4 Å². The monoisotopic (exact) mass is 649 g/mol. The van der Waals surface area contributed by atoms with Crippen molar-refractivity contribution in [2.75, 3.05) is 7.11 Å². The van der Waals surface area contributed by atoms with Crippen LogP contribution in [0.15, 0.2) is 96.1 Å². The molecule has 0 fully saturated rings. The number of carbonyl (C=O) groups excluding carboxylic acids is 2. The van der Waals surface area contributed by atoms with Gasteiger partial charge >= 0.3 is 5.97 Å². The Kier molecular flexibility index (Phi) is 7.94. The third-order valence-electron chi connectivity index (χ3n) is 5.93. The average Bonchev–Trinajstić information content (AvgIpc) is 3.32. The SMILES string of the molecule is COc1cccc(C(=O)Oc2ccccc2C=NNC(=O)c2[nH]c3ccc(I)cc3c2-c2ccccc2Cl)c1. The first-order chi connectivity index (χ1) is 18.9. The first kappa shape index (κ1) is 26.5. The number of para-hydroxylation sites is 1. The van der Waals surface area contributed by atoms with Gasteiger partial charge in [0.1, 0.15) is 17.2 Å². The van der Waals surface area contributed by atoms with Gasteiger partial charge in [-0.25, -0.2) is 10.2 Å². The van der Waals surface area contributed by atoms with E-state index in [1.165, 1.54) is 13.3 Å². The van der Waals surface area contributed by atoms with Crippen LogP contribution >= 0.6 is 34.2 Å². The molecular weight excluding hydrogens is 629 g/mol. The number of fused-ring (bicyclic) bond motifs is 1. The fourth-order valence-electron chi connectivity index (χ4n) is 4.08. The van der Waals surface area contributed by atoms with Gasteiger partial charge in [0.15, 0.2) is 0 Å². The first-order valence-electron chi connectivity index (χ1n) is 11.8. The third kappa shape index (κ3) is 5.81. The van der Waals surface area contributed by atoms with Gasteiger partial charge in [-0.15, -0.1) is 0 Å². The fourth-order valence-corrected chi connectivity index (χ4v) is 4.80. The molecule has 0 aliphatic rings. The quantitative estimate of drug-likeness (QED) is 0.0648. The predicted octanol–water partition coefficient (Wildman–Crippen LogP) is 7.08. The van der Waals surface area contributed by atoms with Gasteiger partial charge in [0, 0.05) is 36.2 Å². The molecule has 5 aromatic rings. The molecule has 0 bridgehead atoms. The minimum atomic E-state index is -0.545. The minimum absolute atomic E-state index is 0.292. The number of methoxy groups -OCH3 is 1. The Balaban J connectivity index is 1.40. The first-order valence-corrected chi connectivity index (χ1v) is 13.2. The lowest BCUT2D eigenvalue weighted by Crippen LogP contribution is -2.19. The average molecular weight is 650 g/mol. The molecule has 4 aromatic carbocycles. The highest BCUT2D eigenvalue weighted by Crippen LogP contribution is 2.37. The summed E-state index contributed by atoms with van der Waals surface area (Å²) >= 11 is 8.75. The smallest absolute Gasteiger partial charge is 0.343 e. The van der Waals surface area contributed by atoms with E-state index >= 15 is 0 Å². The van der Waals surface area contributed by atoms with Crippen LogP contribution in [0, 0.1) is 3.57 Å². The van der Waals surface area contributed by atoms with Gasteiger partial charge in [-0.05, 0) is 77.2 Å². The summed E-state index contributed by atoms with van der Waals surface area (Å²) < 4.78 is 11.8. The zero-order valence-electron chi connectivity index (χ0n) is 20.6. The fraction of sp³-hybridized carbons (Fsp3) is 0.0333. The molecule has 194 valence electrons. The second kappa shape index (κ2) is 11.7. The number of carbonyl (C=O) groups is 2. The molecule has 5 rings (SSSR count). The number of hydrogen-bond donors (Lipinski definition) is 2. The van der Waals surface area contributed by atoms with Crippen LogP contribution in [0.5, 0.6) is 11.5 Å². The van der Waals surface area contributed by atoms with Crippen molar-refractivity contribution in [3.63, 3.8) is 0 Å². The van der Waals surface area contributed by atoms with E-state index in [0.29, 0.717) is 38.9 Å². The number of amides is 1. The van der Waals surface area contributed by atoms with E-state index in [4.69, 9.17) is 21.1 Å². The van der Waals surface area contributed by atoms with E-state index in [2.05, 4.69) is 38.1 Å². The Bertz CT molecular complexity index is 1730. The number of benzene rings is 4. The summed E-state index contributed by atoms with van der Waals surface area (Å²) in [4.78, 5) is 29.2. The number of nitrogens with one attached hydrogen (secondary N) is 2. The van der Waals surface area contributed by atoms with Crippen LogP contribution in [0.4, 0.5) is 0 Å². The number of aromatic amines is 1. The van der Waals surface area contributed by atoms with Crippen LogP contribution < -0.4 is 14.9 Å². The number of aromatic nitrogens is 1. The summed E-state index contributed by atoms with van der Waals surface area (Å²) in [5.74, 6) is -0.153. The summed E-state index contributed by atoms with van der Waals surface area (Å²) in [6.45, 7) is 0. The molecule has 39 heavy (non-hydrogen) atoms. The van der Waals surface area contributed by atoms with Crippen molar-refractivity contribution in [3.05, 3.63) is 116 Å². The zero-order valence-corrected chi connectivity index (χ0v) is 23.5. The van der Waals surface area contributed by atoms with Gasteiger partial charge in [0.2, 0.25) is 0 Å². The molecule has 7 nitrogen and oxygen atoms in total.